The van der Waals surface area contributed by atoms with E-state index in [4.69, 9.17) is 19.2 Å². The zero-order valence-corrected chi connectivity index (χ0v) is 26.2. The number of H-pyrrole nitrogens is 1. The van der Waals surface area contributed by atoms with Gasteiger partial charge in [-0.2, -0.15) is 5.26 Å². The molecule has 3 aliphatic rings. The molecule has 6 nitrogen and oxygen atoms in total. The number of nitriles is 1. The minimum Gasteiger partial charge on any atom is -0.452 e. The molecule has 0 amide bonds. The van der Waals surface area contributed by atoms with Crippen molar-refractivity contribution >= 4 is 27.6 Å². The lowest BCUT2D eigenvalue weighted by Gasteiger charge is -2.18. The summed E-state index contributed by atoms with van der Waals surface area (Å²) in [5.41, 5.74) is 5.55. The van der Waals surface area contributed by atoms with Crippen LogP contribution >= 0.6 is 15.9 Å². The molecule has 226 valence electrons. The second-order valence-electron chi connectivity index (χ2n) is 11.6. The molecule has 0 saturated heterocycles. The SMILES string of the molecule is Cc1cc(C#N)cc(C)c1OC(=C1N=C(Oc2ccc(F)cc2)C(Br)=C1C1CC1)c1[nH]c(Oc2ccc(F)cc2)cc1C1CC1. The van der Waals surface area contributed by atoms with E-state index in [0.717, 1.165) is 58.1 Å². The Morgan fingerprint density at radius 3 is 2.00 bits per heavy atom. The van der Waals surface area contributed by atoms with E-state index in [1.165, 1.54) is 24.3 Å². The number of aryl methyl sites for hydroxylation is 2. The molecule has 4 aromatic rings. The Labute approximate surface area is 267 Å². The quantitative estimate of drug-likeness (QED) is 0.190. The van der Waals surface area contributed by atoms with Crippen LogP contribution < -0.4 is 14.2 Å². The van der Waals surface area contributed by atoms with Gasteiger partial charge in [-0.3, -0.25) is 0 Å². The highest BCUT2D eigenvalue weighted by Gasteiger charge is 2.40. The molecule has 1 aliphatic heterocycles. The number of ether oxygens (including phenoxy) is 3. The molecule has 2 heterocycles. The van der Waals surface area contributed by atoms with Gasteiger partial charge in [0.25, 0.3) is 0 Å². The topological polar surface area (TPSA) is 79.6 Å². The van der Waals surface area contributed by atoms with Gasteiger partial charge in [-0.25, -0.2) is 13.8 Å². The van der Waals surface area contributed by atoms with E-state index in [1.807, 2.05) is 19.9 Å². The smallest absolute Gasteiger partial charge is 0.234 e. The third-order valence-electron chi connectivity index (χ3n) is 8.02. The highest BCUT2D eigenvalue weighted by atomic mass is 79.9. The number of allylic oxidation sites excluding steroid dienone is 1. The fraction of sp³-hybridized carbons (Fsp3) is 0.222. The molecule has 45 heavy (non-hydrogen) atoms. The standard InChI is InChI=1S/C36H28BrF2N3O3/c1-19-15-21(18-40)16-20(2)34(19)45-35(32-28(22-3-4-22)17-29(41-32)43-26-11-7-24(38)8-12-26)33-30(23-5-6-23)31(37)36(42-33)44-27-13-9-25(39)10-14-27/h7-17,22-23,41H,3-6H2,1-2H3. The number of hydrogen-bond donors (Lipinski definition) is 1. The highest BCUT2D eigenvalue weighted by Crippen LogP contribution is 2.51. The van der Waals surface area contributed by atoms with Crippen molar-refractivity contribution in [3.05, 3.63) is 122 Å². The van der Waals surface area contributed by atoms with Crippen molar-refractivity contribution in [2.75, 3.05) is 0 Å². The Hall–Kier alpha value is -4.68. The maximum atomic E-state index is 13.6. The lowest BCUT2D eigenvalue weighted by Crippen LogP contribution is -2.06. The molecule has 0 spiro atoms. The molecule has 2 aliphatic carbocycles. The average molecular weight is 669 g/mol. The van der Waals surface area contributed by atoms with E-state index in [1.54, 1.807) is 36.4 Å². The summed E-state index contributed by atoms with van der Waals surface area (Å²) in [6.07, 6.45) is 4.04. The summed E-state index contributed by atoms with van der Waals surface area (Å²) in [6.45, 7) is 3.83. The molecule has 0 radical (unpaired) electrons. The average Bonchev–Trinajstić information content (AvgIpc) is 3.97. The van der Waals surface area contributed by atoms with E-state index in [2.05, 4.69) is 27.0 Å². The first-order chi connectivity index (χ1) is 21.8. The summed E-state index contributed by atoms with van der Waals surface area (Å²) in [4.78, 5) is 8.45. The van der Waals surface area contributed by atoms with Crippen LogP contribution in [0.15, 0.2) is 87.5 Å². The molecule has 1 aromatic heterocycles. The van der Waals surface area contributed by atoms with Gasteiger partial charge in [-0.15, -0.1) is 0 Å². The van der Waals surface area contributed by atoms with Crippen LogP contribution in [-0.4, -0.2) is 10.9 Å². The number of benzene rings is 3. The lowest BCUT2D eigenvalue weighted by molar-refractivity contribution is 0.461. The highest BCUT2D eigenvalue weighted by molar-refractivity contribution is 9.12. The van der Waals surface area contributed by atoms with Gasteiger partial charge in [-0.05, 0) is 145 Å². The van der Waals surface area contributed by atoms with Gasteiger partial charge in [0, 0.05) is 11.6 Å². The van der Waals surface area contributed by atoms with E-state index in [-0.39, 0.29) is 17.6 Å². The van der Waals surface area contributed by atoms with Crippen molar-refractivity contribution < 1.29 is 23.0 Å². The van der Waals surface area contributed by atoms with Gasteiger partial charge in [0.05, 0.1) is 21.8 Å². The number of nitrogens with one attached hydrogen (secondary N) is 1. The molecule has 0 unspecified atom stereocenters. The lowest BCUT2D eigenvalue weighted by atomic mass is 10.0. The van der Waals surface area contributed by atoms with Crippen LogP contribution in [0.4, 0.5) is 8.78 Å². The third-order valence-corrected chi connectivity index (χ3v) is 8.79. The zero-order chi connectivity index (χ0) is 31.2. The Kier molecular flexibility index (Phi) is 7.54. The van der Waals surface area contributed by atoms with Gasteiger partial charge in [0.1, 0.15) is 34.6 Å². The maximum Gasteiger partial charge on any atom is 0.234 e. The fourth-order valence-electron chi connectivity index (χ4n) is 5.56. The van der Waals surface area contributed by atoms with Gasteiger partial charge in [0.15, 0.2) is 11.6 Å². The van der Waals surface area contributed by atoms with Crippen molar-refractivity contribution in [2.24, 2.45) is 10.9 Å². The molecule has 9 heteroatoms. The second kappa shape index (κ2) is 11.7. The molecule has 3 aromatic carbocycles. The number of aromatic nitrogens is 1. The number of rotatable bonds is 8. The van der Waals surface area contributed by atoms with Crippen LogP contribution in [0.1, 0.15) is 59.5 Å². The summed E-state index contributed by atoms with van der Waals surface area (Å²) >= 11 is 3.77. The van der Waals surface area contributed by atoms with Crippen molar-refractivity contribution in [3.8, 4) is 29.2 Å². The number of aromatic amines is 1. The van der Waals surface area contributed by atoms with Crippen molar-refractivity contribution in [1.82, 2.24) is 4.98 Å². The van der Waals surface area contributed by atoms with E-state index < -0.39 is 0 Å². The molecule has 2 fully saturated rings. The van der Waals surface area contributed by atoms with Gasteiger partial charge in [-0.1, -0.05) is 0 Å². The molecule has 0 atom stereocenters. The number of nitrogens with zero attached hydrogens (tertiary/aromatic N) is 2. The van der Waals surface area contributed by atoms with Crippen molar-refractivity contribution in [3.63, 3.8) is 0 Å². The zero-order valence-electron chi connectivity index (χ0n) is 24.6. The van der Waals surface area contributed by atoms with Gasteiger partial charge >= 0.3 is 0 Å². The van der Waals surface area contributed by atoms with Gasteiger partial charge < -0.3 is 19.2 Å². The number of hydrogen-bond acceptors (Lipinski definition) is 5. The Morgan fingerprint density at radius 1 is 0.867 bits per heavy atom. The first-order valence-corrected chi connectivity index (χ1v) is 15.6. The van der Waals surface area contributed by atoms with Crippen molar-refractivity contribution in [2.45, 2.75) is 45.4 Å². The first kappa shape index (κ1) is 29.1. The van der Waals surface area contributed by atoms with Crippen LogP contribution in [0.2, 0.25) is 0 Å². The summed E-state index contributed by atoms with van der Waals surface area (Å²) in [5.74, 6) is 2.81. The molecular formula is C36H28BrF2N3O3. The largest absolute Gasteiger partial charge is 0.452 e. The Morgan fingerprint density at radius 2 is 1.44 bits per heavy atom. The Bertz CT molecular complexity index is 1920. The third kappa shape index (κ3) is 6.03. The predicted molar refractivity (Wildman–Crippen MR) is 171 cm³/mol. The second-order valence-corrected chi connectivity index (χ2v) is 12.4. The minimum absolute atomic E-state index is 0.253. The summed E-state index contributed by atoms with van der Waals surface area (Å²) < 4.78 is 47.1. The predicted octanol–water partition coefficient (Wildman–Crippen LogP) is 9.75. The fourth-order valence-corrected chi connectivity index (χ4v) is 6.24. The summed E-state index contributed by atoms with van der Waals surface area (Å²) in [7, 11) is 0. The molecule has 1 N–H and O–H groups in total. The normalized spacial score (nSPS) is 17.2. The van der Waals surface area contributed by atoms with Crippen LogP contribution in [0.25, 0.3) is 5.76 Å². The van der Waals surface area contributed by atoms with E-state index in [0.29, 0.717) is 52.0 Å². The molecule has 0 bridgehead atoms. The number of halogens is 3. The van der Waals surface area contributed by atoms with E-state index >= 15 is 0 Å². The Balaban J connectivity index is 1.39. The van der Waals surface area contributed by atoms with E-state index in [9.17, 15) is 14.0 Å². The molecule has 7 rings (SSSR count). The van der Waals surface area contributed by atoms with Crippen molar-refractivity contribution in [1.29, 1.82) is 5.26 Å². The maximum absolute atomic E-state index is 13.6. The summed E-state index contributed by atoms with van der Waals surface area (Å²) in [6, 6.07) is 19.5. The molecular weight excluding hydrogens is 640 g/mol. The number of aliphatic imine (C=N–C) groups is 1. The van der Waals surface area contributed by atoms with Crippen LogP contribution in [0.5, 0.6) is 23.1 Å². The minimum atomic E-state index is -0.355. The van der Waals surface area contributed by atoms with Gasteiger partial charge in [0.2, 0.25) is 5.90 Å². The summed E-state index contributed by atoms with van der Waals surface area (Å²) in [5, 5.41) is 9.55. The molecule has 2 saturated carbocycles. The monoisotopic (exact) mass is 667 g/mol. The first-order valence-electron chi connectivity index (χ1n) is 14.8. The van der Waals surface area contributed by atoms with Crippen LogP contribution in [-0.2, 0) is 0 Å². The van der Waals surface area contributed by atoms with Crippen LogP contribution in [0, 0.1) is 42.7 Å². The van der Waals surface area contributed by atoms with Crippen LogP contribution in [0.3, 0.4) is 0 Å².